The highest BCUT2D eigenvalue weighted by molar-refractivity contribution is 5.97. The monoisotopic (exact) mass is 396 g/mol. The largest absolute Gasteiger partial charge is 0.327 e. The normalized spacial score (nSPS) is 12.1. The molecule has 4 nitrogen and oxygen atoms in total. The summed E-state index contributed by atoms with van der Waals surface area (Å²) in [6.07, 6.45) is 0.512. The van der Waals surface area contributed by atoms with Crippen LogP contribution < -0.4 is 0 Å². The van der Waals surface area contributed by atoms with Crippen LogP contribution in [-0.4, -0.2) is 55.8 Å². The highest BCUT2D eigenvalue weighted by atomic mass is 16.1. The number of hydrogen-bond acceptors (Lipinski definition) is 2. The minimum absolute atomic E-state index is 0.0982. The maximum atomic E-state index is 12.6. The molecule has 0 saturated carbocycles. The van der Waals surface area contributed by atoms with E-state index in [2.05, 4.69) is 53.4 Å². The molecule has 0 unspecified atom stereocenters. The second kappa shape index (κ2) is 9.02. The Balaban J connectivity index is 2.30. The maximum Gasteiger partial charge on any atom is 0.163 e. The minimum Gasteiger partial charge on any atom is -0.327 e. The van der Waals surface area contributed by atoms with Crippen molar-refractivity contribution in [2.45, 2.75) is 39.9 Å². The van der Waals surface area contributed by atoms with Crippen molar-refractivity contribution in [2.24, 2.45) is 0 Å². The average molecular weight is 397 g/mol. The number of quaternary nitrogens is 2. The van der Waals surface area contributed by atoms with Gasteiger partial charge in [-0.25, -0.2) is 0 Å². The van der Waals surface area contributed by atoms with Crippen LogP contribution in [0.4, 0.5) is 0 Å². The molecule has 0 aliphatic heterocycles. The number of carbonyl (C=O) groups excluding carboxylic acids is 2. The van der Waals surface area contributed by atoms with Crippen LogP contribution in [0.5, 0.6) is 0 Å². The van der Waals surface area contributed by atoms with E-state index >= 15 is 0 Å². The van der Waals surface area contributed by atoms with Gasteiger partial charge >= 0.3 is 0 Å². The van der Waals surface area contributed by atoms with Gasteiger partial charge in [-0.05, 0) is 13.0 Å². The summed E-state index contributed by atoms with van der Waals surface area (Å²) in [5.74, 6) is 0.295. The standard InChI is InChI=1S/C25H36N2O2/c1-8-25(29)24-15-20(13-14-22(24)17-26(3,4)5)16-27(6,7)18-21-11-9-10-12-23(21)19(2)28/h9-15H,8,16-18H2,1-7H3/q+2. The molecule has 0 amide bonds. The lowest BCUT2D eigenvalue weighted by Gasteiger charge is -2.31. The van der Waals surface area contributed by atoms with E-state index in [9.17, 15) is 9.59 Å². The van der Waals surface area contributed by atoms with Crippen LogP contribution in [0, 0.1) is 0 Å². The van der Waals surface area contributed by atoms with Gasteiger partial charge in [0.2, 0.25) is 0 Å². The van der Waals surface area contributed by atoms with E-state index in [0.29, 0.717) is 10.9 Å². The van der Waals surface area contributed by atoms with Gasteiger partial charge in [0, 0.05) is 34.2 Å². The zero-order valence-electron chi connectivity index (χ0n) is 19.1. The van der Waals surface area contributed by atoms with Crippen molar-refractivity contribution in [2.75, 3.05) is 35.2 Å². The van der Waals surface area contributed by atoms with Gasteiger partial charge in [-0.1, -0.05) is 43.3 Å². The quantitative estimate of drug-likeness (QED) is 0.463. The smallest absolute Gasteiger partial charge is 0.163 e. The van der Waals surface area contributed by atoms with Gasteiger partial charge in [-0.2, -0.15) is 0 Å². The molecule has 0 heterocycles. The highest BCUT2D eigenvalue weighted by Gasteiger charge is 2.22. The fourth-order valence-electron chi connectivity index (χ4n) is 3.83. The lowest BCUT2D eigenvalue weighted by atomic mass is 9.97. The Morgan fingerprint density at radius 1 is 0.793 bits per heavy atom. The van der Waals surface area contributed by atoms with Crippen LogP contribution in [0.1, 0.15) is 57.7 Å². The van der Waals surface area contributed by atoms with Crippen LogP contribution in [0.15, 0.2) is 42.5 Å². The van der Waals surface area contributed by atoms with Crippen molar-refractivity contribution in [3.63, 3.8) is 0 Å². The van der Waals surface area contributed by atoms with Gasteiger partial charge in [0.1, 0.15) is 19.6 Å². The van der Waals surface area contributed by atoms with Gasteiger partial charge in [0.15, 0.2) is 11.6 Å². The molecule has 156 valence electrons. The fraction of sp³-hybridized carbons (Fsp3) is 0.440. The molecule has 0 bridgehead atoms. The average Bonchev–Trinajstić information content (AvgIpc) is 2.60. The van der Waals surface area contributed by atoms with Gasteiger partial charge in [0.05, 0.1) is 35.2 Å². The van der Waals surface area contributed by atoms with Gasteiger partial charge in [-0.3, -0.25) is 9.59 Å². The first-order valence-corrected chi connectivity index (χ1v) is 10.3. The molecule has 0 N–H and O–H groups in total. The Hall–Kier alpha value is -2.30. The van der Waals surface area contributed by atoms with Crippen LogP contribution >= 0.6 is 0 Å². The number of Topliss-reactive ketones (excluding diaryl/α,β-unsaturated/α-hetero) is 2. The highest BCUT2D eigenvalue weighted by Crippen LogP contribution is 2.22. The number of hydrogen-bond donors (Lipinski definition) is 0. The van der Waals surface area contributed by atoms with Crippen molar-refractivity contribution in [3.05, 3.63) is 70.3 Å². The summed E-state index contributed by atoms with van der Waals surface area (Å²) in [6, 6.07) is 14.2. The Bertz CT molecular complexity index is 892. The van der Waals surface area contributed by atoms with E-state index in [1.807, 2.05) is 31.2 Å². The summed E-state index contributed by atoms with van der Waals surface area (Å²) in [5.41, 5.74) is 4.97. The molecule has 2 aromatic carbocycles. The summed E-state index contributed by atoms with van der Waals surface area (Å²) in [4.78, 5) is 24.6. The Morgan fingerprint density at radius 3 is 2.00 bits per heavy atom. The van der Waals surface area contributed by atoms with Gasteiger partial charge in [0.25, 0.3) is 0 Å². The van der Waals surface area contributed by atoms with E-state index in [0.717, 1.165) is 51.9 Å². The van der Waals surface area contributed by atoms with E-state index in [1.54, 1.807) is 6.92 Å². The zero-order chi connectivity index (χ0) is 21.8. The van der Waals surface area contributed by atoms with Crippen molar-refractivity contribution in [1.29, 1.82) is 0 Å². The Labute approximate surface area is 175 Å². The van der Waals surface area contributed by atoms with Gasteiger partial charge < -0.3 is 8.97 Å². The molecular formula is C25H36N2O2+2. The summed E-state index contributed by atoms with van der Waals surface area (Å²) in [5, 5.41) is 0. The lowest BCUT2D eigenvalue weighted by molar-refractivity contribution is -0.916. The number of ketones is 2. The first-order chi connectivity index (χ1) is 13.4. The molecule has 0 spiro atoms. The number of rotatable bonds is 9. The van der Waals surface area contributed by atoms with Crippen molar-refractivity contribution >= 4 is 11.6 Å². The van der Waals surface area contributed by atoms with E-state index in [4.69, 9.17) is 0 Å². The van der Waals surface area contributed by atoms with Gasteiger partial charge in [-0.15, -0.1) is 0 Å². The minimum atomic E-state index is 0.0982. The maximum absolute atomic E-state index is 12.6. The molecule has 0 radical (unpaired) electrons. The third-order valence-corrected chi connectivity index (χ3v) is 5.05. The van der Waals surface area contributed by atoms with Crippen molar-refractivity contribution in [3.8, 4) is 0 Å². The van der Waals surface area contributed by atoms with Crippen LogP contribution in [0.25, 0.3) is 0 Å². The molecule has 0 fully saturated rings. The third kappa shape index (κ3) is 6.62. The molecule has 0 aromatic heterocycles. The molecule has 4 heteroatoms. The van der Waals surface area contributed by atoms with Crippen LogP contribution in [0.3, 0.4) is 0 Å². The predicted molar refractivity (Wildman–Crippen MR) is 119 cm³/mol. The number of benzene rings is 2. The number of nitrogens with zero attached hydrogens (tertiary/aromatic N) is 2. The van der Waals surface area contributed by atoms with Crippen LogP contribution in [0.2, 0.25) is 0 Å². The second-order valence-corrected chi connectivity index (χ2v) is 9.68. The fourth-order valence-corrected chi connectivity index (χ4v) is 3.83. The molecular weight excluding hydrogens is 360 g/mol. The van der Waals surface area contributed by atoms with Crippen molar-refractivity contribution < 1.29 is 18.6 Å². The molecule has 0 aliphatic rings. The summed E-state index contributed by atoms with van der Waals surface area (Å²) < 4.78 is 1.49. The summed E-state index contributed by atoms with van der Waals surface area (Å²) in [6.45, 7) is 5.91. The summed E-state index contributed by atoms with van der Waals surface area (Å²) >= 11 is 0. The summed E-state index contributed by atoms with van der Waals surface area (Å²) in [7, 11) is 10.7. The molecule has 0 aliphatic carbocycles. The Kier molecular flexibility index (Phi) is 7.15. The van der Waals surface area contributed by atoms with Crippen LogP contribution in [-0.2, 0) is 19.6 Å². The van der Waals surface area contributed by atoms with E-state index in [-0.39, 0.29) is 11.6 Å². The first kappa shape index (κ1) is 23.0. The van der Waals surface area contributed by atoms with E-state index < -0.39 is 0 Å². The second-order valence-electron chi connectivity index (χ2n) is 9.68. The lowest BCUT2D eigenvalue weighted by Crippen LogP contribution is -2.38. The first-order valence-electron chi connectivity index (χ1n) is 10.3. The molecule has 2 rings (SSSR count). The topological polar surface area (TPSA) is 34.1 Å². The van der Waals surface area contributed by atoms with E-state index in [1.165, 1.54) is 0 Å². The Morgan fingerprint density at radius 2 is 1.41 bits per heavy atom. The molecule has 2 aromatic rings. The zero-order valence-corrected chi connectivity index (χ0v) is 19.1. The SMILES string of the molecule is CCC(=O)c1cc(C[N+](C)(C)Cc2ccccc2C(C)=O)ccc1C[N+](C)(C)C. The molecule has 0 saturated heterocycles. The molecule has 29 heavy (non-hydrogen) atoms. The van der Waals surface area contributed by atoms with Crippen molar-refractivity contribution in [1.82, 2.24) is 0 Å². The predicted octanol–water partition coefficient (Wildman–Crippen LogP) is 4.46. The molecule has 0 atom stereocenters. The number of carbonyl (C=O) groups is 2. The third-order valence-electron chi connectivity index (χ3n) is 5.05.